The Hall–Kier alpha value is -3.85. The van der Waals surface area contributed by atoms with Crippen molar-refractivity contribution in [1.29, 1.82) is 0 Å². The quantitative estimate of drug-likeness (QED) is 0.357. The molecule has 0 fully saturated rings. The second-order valence-corrected chi connectivity index (χ2v) is 11.4. The van der Waals surface area contributed by atoms with Crippen molar-refractivity contribution in [2.45, 2.75) is 57.6 Å². The van der Waals surface area contributed by atoms with Crippen LogP contribution in [-0.2, 0) is 26.2 Å². The van der Waals surface area contributed by atoms with Crippen molar-refractivity contribution in [3.63, 3.8) is 0 Å². The Balaban J connectivity index is 2.10. The van der Waals surface area contributed by atoms with Gasteiger partial charge in [0, 0.05) is 12.6 Å². The lowest BCUT2D eigenvalue weighted by atomic mass is 10.1. The lowest BCUT2D eigenvalue weighted by Gasteiger charge is -2.34. The molecule has 1 N–H and O–H groups in total. The van der Waals surface area contributed by atoms with E-state index in [-0.39, 0.29) is 29.1 Å². The molecule has 0 saturated carbocycles. The summed E-state index contributed by atoms with van der Waals surface area (Å²) in [5.74, 6) is -0.488. The first kappa shape index (κ1) is 29.7. The molecule has 9 heteroatoms. The van der Waals surface area contributed by atoms with E-state index in [9.17, 15) is 18.0 Å². The monoisotopic (exact) mass is 551 g/mol. The molecule has 3 rings (SSSR count). The van der Waals surface area contributed by atoms with E-state index < -0.39 is 28.5 Å². The van der Waals surface area contributed by atoms with Crippen molar-refractivity contribution in [3.05, 3.63) is 90.0 Å². The standard InChI is InChI=1S/C30H37N3O5S/c1-6-26(30(35)31-22(2)3)32(20-24-15-11-10-14-23(24)4)29(34)21-33(27-18-12-13-19-28(27)38-5)39(36,37)25-16-8-7-9-17-25/h7-19,22,26H,6,20-21H2,1-5H3,(H,31,35). The summed E-state index contributed by atoms with van der Waals surface area (Å²) in [6.07, 6.45) is 0.357. The zero-order valence-electron chi connectivity index (χ0n) is 23.1. The first-order valence-corrected chi connectivity index (χ1v) is 14.4. The Morgan fingerprint density at radius 1 is 0.923 bits per heavy atom. The molecule has 0 aliphatic rings. The lowest BCUT2D eigenvalue weighted by molar-refractivity contribution is -0.140. The molecule has 2 amide bonds. The Labute approximate surface area is 231 Å². The fourth-order valence-electron chi connectivity index (χ4n) is 4.34. The van der Waals surface area contributed by atoms with Crippen LogP contribution in [0.4, 0.5) is 5.69 Å². The van der Waals surface area contributed by atoms with Crippen LogP contribution in [0.2, 0.25) is 0 Å². The maximum Gasteiger partial charge on any atom is 0.264 e. The number of methoxy groups -OCH3 is 1. The summed E-state index contributed by atoms with van der Waals surface area (Å²) in [5.41, 5.74) is 2.07. The summed E-state index contributed by atoms with van der Waals surface area (Å²) in [5, 5.41) is 2.90. The van der Waals surface area contributed by atoms with Crippen LogP contribution in [0.25, 0.3) is 0 Å². The molecule has 0 aromatic heterocycles. The number of amides is 2. The van der Waals surface area contributed by atoms with E-state index in [1.54, 1.807) is 42.5 Å². The van der Waals surface area contributed by atoms with Crippen LogP contribution in [0.1, 0.15) is 38.3 Å². The smallest absolute Gasteiger partial charge is 0.264 e. The number of nitrogens with one attached hydrogen (secondary N) is 1. The molecule has 0 aliphatic heterocycles. The Kier molecular flexibility index (Phi) is 10.1. The molecular weight excluding hydrogens is 514 g/mol. The van der Waals surface area contributed by atoms with Gasteiger partial charge in [0.2, 0.25) is 11.8 Å². The highest BCUT2D eigenvalue weighted by atomic mass is 32.2. The third-order valence-electron chi connectivity index (χ3n) is 6.38. The Morgan fingerprint density at radius 2 is 1.54 bits per heavy atom. The van der Waals surface area contributed by atoms with Crippen molar-refractivity contribution >= 4 is 27.5 Å². The van der Waals surface area contributed by atoms with Crippen LogP contribution in [-0.4, -0.2) is 50.9 Å². The van der Waals surface area contributed by atoms with Crippen molar-refractivity contribution in [3.8, 4) is 5.75 Å². The number of carbonyl (C=O) groups is 2. The molecule has 3 aromatic rings. The van der Waals surface area contributed by atoms with Gasteiger partial charge in [0.25, 0.3) is 10.0 Å². The number of aryl methyl sites for hydroxylation is 1. The van der Waals surface area contributed by atoms with Crippen LogP contribution in [0.15, 0.2) is 83.8 Å². The van der Waals surface area contributed by atoms with Gasteiger partial charge in [-0.15, -0.1) is 0 Å². The van der Waals surface area contributed by atoms with E-state index in [4.69, 9.17) is 4.74 Å². The van der Waals surface area contributed by atoms with Gasteiger partial charge in [0.1, 0.15) is 18.3 Å². The van der Waals surface area contributed by atoms with Gasteiger partial charge in [0.15, 0.2) is 0 Å². The number of hydrogen-bond donors (Lipinski definition) is 1. The number of hydrogen-bond acceptors (Lipinski definition) is 5. The molecule has 3 aromatic carbocycles. The maximum absolute atomic E-state index is 14.1. The van der Waals surface area contributed by atoms with Gasteiger partial charge in [-0.05, 0) is 62.6 Å². The summed E-state index contributed by atoms with van der Waals surface area (Å²) in [4.78, 5) is 28.8. The molecule has 208 valence electrons. The summed E-state index contributed by atoms with van der Waals surface area (Å²) in [6.45, 7) is 7.12. The van der Waals surface area contributed by atoms with E-state index in [0.717, 1.165) is 15.4 Å². The third-order valence-corrected chi connectivity index (χ3v) is 8.16. The third kappa shape index (κ3) is 7.17. The zero-order chi connectivity index (χ0) is 28.6. The largest absolute Gasteiger partial charge is 0.495 e. The van der Waals surface area contributed by atoms with Crippen LogP contribution in [0.3, 0.4) is 0 Å². The number of carbonyl (C=O) groups excluding carboxylic acids is 2. The van der Waals surface area contributed by atoms with Crippen LogP contribution in [0, 0.1) is 6.92 Å². The maximum atomic E-state index is 14.1. The zero-order valence-corrected chi connectivity index (χ0v) is 23.9. The molecule has 39 heavy (non-hydrogen) atoms. The molecule has 0 heterocycles. The second kappa shape index (κ2) is 13.3. The highest BCUT2D eigenvalue weighted by Crippen LogP contribution is 2.32. The molecule has 1 atom stereocenters. The van der Waals surface area contributed by atoms with E-state index >= 15 is 0 Å². The van der Waals surface area contributed by atoms with Crippen molar-refractivity contribution in [2.75, 3.05) is 18.0 Å². The molecule has 0 spiro atoms. The van der Waals surface area contributed by atoms with E-state index in [2.05, 4.69) is 5.32 Å². The summed E-state index contributed by atoms with van der Waals surface area (Å²) in [7, 11) is -2.72. The highest BCUT2D eigenvalue weighted by molar-refractivity contribution is 7.92. The molecule has 0 aliphatic carbocycles. The Bertz CT molecular complexity index is 1380. The highest BCUT2D eigenvalue weighted by Gasteiger charge is 2.34. The van der Waals surface area contributed by atoms with Crippen LogP contribution >= 0.6 is 0 Å². The SMILES string of the molecule is CCC(C(=O)NC(C)C)N(Cc1ccccc1C)C(=O)CN(c1ccccc1OC)S(=O)(=O)c1ccccc1. The van der Waals surface area contributed by atoms with Crippen LogP contribution in [0.5, 0.6) is 5.75 Å². The van der Waals surface area contributed by atoms with Gasteiger partial charge in [-0.2, -0.15) is 0 Å². The molecule has 8 nitrogen and oxygen atoms in total. The lowest BCUT2D eigenvalue weighted by Crippen LogP contribution is -2.53. The number of anilines is 1. The fourth-order valence-corrected chi connectivity index (χ4v) is 5.79. The van der Waals surface area contributed by atoms with Gasteiger partial charge >= 0.3 is 0 Å². The van der Waals surface area contributed by atoms with Gasteiger partial charge in [-0.1, -0.05) is 61.5 Å². The number of para-hydroxylation sites is 2. The number of nitrogens with zero attached hydrogens (tertiary/aromatic N) is 2. The van der Waals surface area contributed by atoms with Gasteiger partial charge in [-0.3, -0.25) is 13.9 Å². The number of ether oxygens (including phenoxy) is 1. The first-order valence-electron chi connectivity index (χ1n) is 12.9. The van der Waals surface area contributed by atoms with Gasteiger partial charge < -0.3 is 15.0 Å². The van der Waals surface area contributed by atoms with Crippen molar-refractivity contribution in [1.82, 2.24) is 10.2 Å². The summed E-state index contributed by atoms with van der Waals surface area (Å²) in [6, 6.07) is 21.3. The molecular formula is C30H37N3O5S. The fraction of sp³-hybridized carbons (Fsp3) is 0.333. The van der Waals surface area contributed by atoms with Crippen LogP contribution < -0.4 is 14.4 Å². The average molecular weight is 552 g/mol. The van der Waals surface area contributed by atoms with Crippen molar-refractivity contribution < 1.29 is 22.7 Å². The van der Waals surface area contributed by atoms with Crippen molar-refractivity contribution in [2.24, 2.45) is 0 Å². The van der Waals surface area contributed by atoms with Gasteiger partial charge in [-0.25, -0.2) is 8.42 Å². The minimum absolute atomic E-state index is 0.0405. The normalized spacial score (nSPS) is 12.1. The Morgan fingerprint density at radius 3 is 2.15 bits per heavy atom. The topological polar surface area (TPSA) is 96.0 Å². The second-order valence-electron chi connectivity index (χ2n) is 9.53. The number of sulfonamides is 1. The minimum Gasteiger partial charge on any atom is -0.495 e. The van der Waals surface area contributed by atoms with E-state index in [1.165, 1.54) is 24.1 Å². The molecule has 1 unspecified atom stereocenters. The number of rotatable bonds is 12. The number of benzene rings is 3. The predicted molar refractivity (Wildman–Crippen MR) is 153 cm³/mol. The molecule has 0 radical (unpaired) electrons. The predicted octanol–water partition coefficient (Wildman–Crippen LogP) is 4.53. The van der Waals surface area contributed by atoms with E-state index in [1.807, 2.05) is 52.0 Å². The molecule has 0 saturated heterocycles. The van der Waals surface area contributed by atoms with E-state index in [0.29, 0.717) is 12.2 Å². The average Bonchev–Trinajstić information content (AvgIpc) is 2.92. The molecule has 0 bridgehead atoms. The van der Waals surface area contributed by atoms with Gasteiger partial charge in [0.05, 0.1) is 17.7 Å². The minimum atomic E-state index is -4.16. The first-order chi connectivity index (χ1) is 18.6. The summed E-state index contributed by atoms with van der Waals surface area (Å²) >= 11 is 0. The summed E-state index contributed by atoms with van der Waals surface area (Å²) < 4.78 is 34.3.